The molecular weight excluding hydrogens is 240 g/mol. The first-order chi connectivity index (χ1) is 9.06. The monoisotopic (exact) mass is 258 g/mol. The van der Waals surface area contributed by atoms with Gasteiger partial charge in [0, 0.05) is 0 Å². The Kier molecular flexibility index (Phi) is 4.20. The molecule has 2 N–H and O–H groups in total. The summed E-state index contributed by atoms with van der Waals surface area (Å²) in [5.41, 5.74) is 1.72. The van der Waals surface area contributed by atoms with E-state index in [1.807, 2.05) is 48.5 Å². The van der Waals surface area contributed by atoms with Gasteiger partial charge in [-0.25, -0.2) is 0 Å². The molecule has 19 heavy (non-hydrogen) atoms. The van der Waals surface area contributed by atoms with Crippen LogP contribution in [0.15, 0.2) is 48.5 Å². The van der Waals surface area contributed by atoms with E-state index >= 15 is 0 Å². The van der Waals surface area contributed by atoms with E-state index < -0.39 is 12.2 Å². The number of aliphatic hydroxyl groups is 2. The lowest BCUT2D eigenvalue weighted by Crippen LogP contribution is -1.92. The maximum atomic E-state index is 9.42. The average Bonchev–Trinajstić information content (AvgIpc) is 2.40. The Bertz CT molecular complexity index is 463. The van der Waals surface area contributed by atoms with Gasteiger partial charge in [0.1, 0.15) is 11.5 Å². The standard InChI is InChI=1S/C16H18O3/c1-11(17)13-3-7-15(8-4-13)19-16-9-5-14(6-10-16)12(2)18/h3-12,17-18H,1-2H3/t11-,12+. The van der Waals surface area contributed by atoms with Crippen LogP contribution in [-0.4, -0.2) is 10.2 Å². The summed E-state index contributed by atoms with van der Waals surface area (Å²) >= 11 is 0. The third kappa shape index (κ3) is 3.56. The largest absolute Gasteiger partial charge is 0.457 e. The minimum absolute atomic E-state index is 0.473. The Morgan fingerprint density at radius 1 is 0.684 bits per heavy atom. The van der Waals surface area contributed by atoms with E-state index in [4.69, 9.17) is 4.74 Å². The van der Waals surface area contributed by atoms with E-state index in [2.05, 4.69) is 0 Å². The molecule has 0 saturated heterocycles. The van der Waals surface area contributed by atoms with Gasteiger partial charge < -0.3 is 14.9 Å². The van der Waals surface area contributed by atoms with Crippen LogP contribution in [0.4, 0.5) is 0 Å². The first-order valence-corrected chi connectivity index (χ1v) is 6.30. The molecule has 0 bridgehead atoms. The number of benzene rings is 2. The molecule has 0 aliphatic rings. The van der Waals surface area contributed by atoms with E-state index in [0.29, 0.717) is 11.5 Å². The average molecular weight is 258 g/mol. The lowest BCUT2D eigenvalue weighted by Gasteiger charge is -2.09. The second kappa shape index (κ2) is 5.87. The van der Waals surface area contributed by atoms with Gasteiger partial charge in [0.15, 0.2) is 0 Å². The minimum Gasteiger partial charge on any atom is -0.457 e. The molecule has 2 atom stereocenters. The van der Waals surface area contributed by atoms with Gasteiger partial charge >= 0.3 is 0 Å². The van der Waals surface area contributed by atoms with Crippen molar-refractivity contribution in [3.63, 3.8) is 0 Å². The van der Waals surface area contributed by atoms with E-state index in [0.717, 1.165) is 11.1 Å². The molecule has 0 spiro atoms. The summed E-state index contributed by atoms with van der Waals surface area (Å²) in [4.78, 5) is 0. The van der Waals surface area contributed by atoms with Crippen LogP contribution < -0.4 is 4.74 Å². The number of hydrogen-bond acceptors (Lipinski definition) is 3. The maximum absolute atomic E-state index is 9.42. The summed E-state index contributed by atoms with van der Waals surface area (Å²) < 4.78 is 5.68. The molecule has 2 aromatic carbocycles. The van der Waals surface area contributed by atoms with Gasteiger partial charge in [-0.05, 0) is 49.2 Å². The van der Waals surface area contributed by atoms with Crippen molar-refractivity contribution < 1.29 is 14.9 Å². The predicted octanol–water partition coefficient (Wildman–Crippen LogP) is 3.59. The van der Waals surface area contributed by atoms with Gasteiger partial charge in [0.25, 0.3) is 0 Å². The zero-order chi connectivity index (χ0) is 13.8. The summed E-state index contributed by atoms with van der Waals surface area (Å²) in [6.45, 7) is 3.45. The van der Waals surface area contributed by atoms with Crippen molar-refractivity contribution >= 4 is 0 Å². The van der Waals surface area contributed by atoms with Gasteiger partial charge in [-0.3, -0.25) is 0 Å². The zero-order valence-corrected chi connectivity index (χ0v) is 11.1. The third-order valence-corrected chi connectivity index (χ3v) is 2.96. The minimum atomic E-state index is -0.473. The number of ether oxygens (including phenoxy) is 1. The topological polar surface area (TPSA) is 49.7 Å². The lowest BCUT2D eigenvalue weighted by atomic mass is 10.1. The molecule has 2 rings (SSSR count). The summed E-state index contributed by atoms with van der Waals surface area (Å²) in [6.07, 6.45) is -0.946. The fourth-order valence-corrected chi connectivity index (χ4v) is 1.76. The third-order valence-electron chi connectivity index (χ3n) is 2.96. The number of hydrogen-bond donors (Lipinski definition) is 2. The summed E-state index contributed by atoms with van der Waals surface area (Å²) in [5.74, 6) is 1.43. The van der Waals surface area contributed by atoms with E-state index in [1.165, 1.54) is 0 Å². The molecule has 3 nitrogen and oxygen atoms in total. The smallest absolute Gasteiger partial charge is 0.127 e. The molecule has 0 heterocycles. The highest BCUT2D eigenvalue weighted by Crippen LogP contribution is 2.24. The highest BCUT2D eigenvalue weighted by atomic mass is 16.5. The highest BCUT2D eigenvalue weighted by Gasteiger charge is 2.03. The first kappa shape index (κ1) is 13.6. The van der Waals surface area contributed by atoms with Gasteiger partial charge in [0.2, 0.25) is 0 Å². The second-order valence-corrected chi connectivity index (χ2v) is 4.59. The number of aliphatic hydroxyl groups excluding tert-OH is 2. The van der Waals surface area contributed by atoms with E-state index in [9.17, 15) is 10.2 Å². The molecule has 0 radical (unpaired) electrons. The van der Waals surface area contributed by atoms with Crippen molar-refractivity contribution in [2.75, 3.05) is 0 Å². The van der Waals surface area contributed by atoms with E-state index in [1.54, 1.807) is 13.8 Å². The summed E-state index contributed by atoms with van der Waals surface area (Å²) in [5, 5.41) is 18.8. The molecule has 0 unspecified atom stereocenters. The fraction of sp³-hybridized carbons (Fsp3) is 0.250. The van der Waals surface area contributed by atoms with Crippen LogP contribution in [0.2, 0.25) is 0 Å². The van der Waals surface area contributed by atoms with Crippen molar-refractivity contribution in [3.8, 4) is 11.5 Å². The lowest BCUT2D eigenvalue weighted by molar-refractivity contribution is 0.199. The molecule has 100 valence electrons. The Labute approximate surface area is 113 Å². The van der Waals surface area contributed by atoms with Gasteiger partial charge in [0.05, 0.1) is 12.2 Å². The molecule has 2 aromatic rings. The zero-order valence-electron chi connectivity index (χ0n) is 11.1. The SMILES string of the molecule is C[C@H](O)c1ccc(Oc2ccc([C@@H](C)O)cc2)cc1. The van der Waals surface area contributed by atoms with Crippen LogP contribution in [0.1, 0.15) is 37.2 Å². The van der Waals surface area contributed by atoms with Crippen LogP contribution >= 0.6 is 0 Å². The Hall–Kier alpha value is -1.84. The normalized spacial score (nSPS) is 13.9. The van der Waals surface area contributed by atoms with Crippen LogP contribution in [-0.2, 0) is 0 Å². The molecule has 0 fully saturated rings. The van der Waals surface area contributed by atoms with Crippen LogP contribution in [0.5, 0.6) is 11.5 Å². The van der Waals surface area contributed by atoms with Gasteiger partial charge in [-0.15, -0.1) is 0 Å². The molecular formula is C16H18O3. The Morgan fingerprint density at radius 3 is 1.26 bits per heavy atom. The molecule has 0 saturated carbocycles. The fourth-order valence-electron chi connectivity index (χ4n) is 1.76. The van der Waals surface area contributed by atoms with Crippen LogP contribution in [0.3, 0.4) is 0 Å². The molecule has 0 aliphatic carbocycles. The quantitative estimate of drug-likeness (QED) is 0.881. The van der Waals surface area contributed by atoms with Gasteiger partial charge in [-0.2, -0.15) is 0 Å². The van der Waals surface area contributed by atoms with Crippen LogP contribution in [0.25, 0.3) is 0 Å². The Balaban J connectivity index is 2.08. The molecule has 3 heteroatoms. The summed E-state index contributed by atoms with van der Waals surface area (Å²) in [6, 6.07) is 14.6. The van der Waals surface area contributed by atoms with Crippen molar-refractivity contribution in [1.82, 2.24) is 0 Å². The summed E-state index contributed by atoms with van der Waals surface area (Å²) in [7, 11) is 0. The van der Waals surface area contributed by atoms with E-state index in [-0.39, 0.29) is 0 Å². The highest BCUT2D eigenvalue weighted by molar-refractivity contribution is 5.35. The first-order valence-electron chi connectivity index (χ1n) is 6.30. The molecule has 0 aromatic heterocycles. The van der Waals surface area contributed by atoms with Crippen molar-refractivity contribution in [1.29, 1.82) is 0 Å². The van der Waals surface area contributed by atoms with Crippen LogP contribution in [0, 0.1) is 0 Å². The Morgan fingerprint density at radius 2 is 1.00 bits per heavy atom. The van der Waals surface area contributed by atoms with Crippen molar-refractivity contribution in [2.45, 2.75) is 26.1 Å². The van der Waals surface area contributed by atoms with Gasteiger partial charge in [-0.1, -0.05) is 24.3 Å². The maximum Gasteiger partial charge on any atom is 0.127 e. The molecule has 0 amide bonds. The molecule has 0 aliphatic heterocycles. The predicted molar refractivity (Wildman–Crippen MR) is 74.2 cm³/mol. The number of rotatable bonds is 4. The van der Waals surface area contributed by atoms with Crippen molar-refractivity contribution in [2.24, 2.45) is 0 Å². The second-order valence-electron chi connectivity index (χ2n) is 4.59. The van der Waals surface area contributed by atoms with Crippen molar-refractivity contribution in [3.05, 3.63) is 59.7 Å².